The molecule has 2 amide bonds. The number of tetrazole rings is 1. The third-order valence-corrected chi connectivity index (χ3v) is 5.11. The first-order chi connectivity index (χ1) is 13.2. The number of rotatable bonds is 5. The largest absolute Gasteiger partial charge is 0.450 e. The molecule has 0 spiro atoms. The molecule has 0 N–H and O–H groups in total. The van der Waals surface area contributed by atoms with Crippen LogP contribution in [0.1, 0.15) is 38.4 Å². The van der Waals surface area contributed by atoms with Crippen molar-refractivity contribution in [2.75, 3.05) is 45.9 Å². The van der Waals surface area contributed by atoms with Crippen LogP contribution in [-0.2, 0) is 22.6 Å². The summed E-state index contributed by atoms with van der Waals surface area (Å²) in [5, 5.41) is 11.9. The van der Waals surface area contributed by atoms with Crippen molar-refractivity contribution in [1.29, 1.82) is 0 Å². The van der Waals surface area contributed by atoms with Gasteiger partial charge in [0.15, 0.2) is 5.82 Å². The van der Waals surface area contributed by atoms with Gasteiger partial charge >= 0.3 is 6.09 Å². The Bertz CT molecular complexity index is 620. The molecule has 150 valence electrons. The lowest BCUT2D eigenvalue weighted by molar-refractivity contribution is -0.133. The molecule has 1 aromatic heterocycles. The normalized spacial score (nSPS) is 19.0. The number of carbonyl (C=O) groups excluding carboxylic acids is 2. The summed E-state index contributed by atoms with van der Waals surface area (Å²) in [6, 6.07) is 0. The minimum Gasteiger partial charge on any atom is -0.450 e. The monoisotopic (exact) mass is 379 g/mol. The Morgan fingerprint density at radius 2 is 1.63 bits per heavy atom. The van der Waals surface area contributed by atoms with E-state index < -0.39 is 0 Å². The molecule has 2 fully saturated rings. The summed E-state index contributed by atoms with van der Waals surface area (Å²) in [5.41, 5.74) is 0. The number of hydrogen-bond acceptors (Lipinski definition) is 7. The van der Waals surface area contributed by atoms with Gasteiger partial charge in [0.05, 0.1) is 13.2 Å². The fraction of sp³-hybridized carbons (Fsp3) is 0.824. The fourth-order valence-corrected chi connectivity index (χ4v) is 3.53. The molecular formula is C17H29N7O3. The maximum Gasteiger partial charge on any atom is 0.409 e. The number of likely N-dealkylation sites (tertiary alicyclic amines) is 1. The number of carbonyl (C=O) groups is 2. The van der Waals surface area contributed by atoms with Crippen LogP contribution in [0.4, 0.5) is 4.79 Å². The number of hydrogen-bond donors (Lipinski definition) is 0. The molecule has 0 aliphatic carbocycles. The minimum atomic E-state index is -0.315. The Labute approximate surface area is 159 Å². The molecule has 2 aliphatic heterocycles. The van der Waals surface area contributed by atoms with E-state index >= 15 is 0 Å². The van der Waals surface area contributed by atoms with E-state index in [2.05, 4.69) is 20.4 Å². The third-order valence-electron chi connectivity index (χ3n) is 5.11. The average molecular weight is 379 g/mol. The summed E-state index contributed by atoms with van der Waals surface area (Å²) in [5.74, 6) is 0.707. The number of piperazine rings is 1. The first-order valence-corrected chi connectivity index (χ1v) is 9.84. The third kappa shape index (κ3) is 5.38. The van der Waals surface area contributed by atoms with Gasteiger partial charge in [0, 0.05) is 26.2 Å². The zero-order valence-corrected chi connectivity index (χ0v) is 16.0. The van der Waals surface area contributed by atoms with E-state index in [0.717, 1.165) is 18.9 Å². The van der Waals surface area contributed by atoms with E-state index in [9.17, 15) is 9.59 Å². The number of aromatic nitrogens is 4. The van der Waals surface area contributed by atoms with Crippen molar-refractivity contribution >= 4 is 12.0 Å². The van der Waals surface area contributed by atoms with Crippen molar-refractivity contribution in [2.24, 2.45) is 0 Å². The second kappa shape index (κ2) is 9.63. The van der Waals surface area contributed by atoms with Crippen molar-refractivity contribution in [1.82, 2.24) is 34.9 Å². The Morgan fingerprint density at radius 1 is 0.963 bits per heavy atom. The lowest BCUT2D eigenvalue weighted by Gasteiger charge is -2.34. The van der Waals surface area contributed by atoms with Gasteiger partial charge in [-0.3, -0.25) is 9.69 Å². The Morgan fingerprint density at radius 3 is 2.30 bits per heavy atom. The van der Waals surface area contributed by atoms with Gasteiger partial charge in [0.25, 0.3) is 0 Å². The molecule has 1 aromatic rings. The molecule has 0 radical (unpaired) electrons. The van der Waals surface area contributed by atoms with Gasteiger partial charge in [-0.15, -0.1) is 5.10 Å². The Hall–Kier alpha value is -2.23. The van der Waals surface area contributed by atoms with Crippen LogP contribution in [0.15, 0.2) is 0 Å². The lowest BCUT2D eigenvalue weighted by Crippen LogP contribution is -2.51. The standard InChI is InChI=1S/C17H29N7O3/c1-2-27-17(26)23-11-9-22(10-12-23)16(25)14-24-15(18-19-20-24)13-21-7-5-3-4-6-8-21/h2-14H2,1H3. The van der Waals surface area contributed by atoms with Crippen LogP contribution < -0.4 is 0 Å². The Kier molecular flexibility index (Phi) is 6.97. The molecule has 3 heterocycles. The van der Waals surface area contributed by atoms with E-state index in [1.54, 1.807) is 21.4 Å². The predicted molar refractivity (Wildman–Crippen MR) is 96.7 cm³/mol. The van der Waals surface area contributed by atoms with Crippen molar-refractivity contribution in [3.63, 3.8) is 0 Å². The van der Waals surface area contributed by atoms with Gasteiger partial charge in [0.1, 0.15) is 6.54 Å². The molecule has 10 nitrogen and oxygen atoms in total. The highest BCUT2D eigenvalue weighted by atomic mass is 16.6. The average Bonchev–Trinajstić information content (AvgIpc) is 2.94. The van der Waals surface area contributed by atoms with Gasteiger partial charge < -0.3 is 14.5 Å². The van der Waals surface area contributed by atoms with Gasteiger partial charge in [0.2, 0.25) is 5.91 Å². The summed E-state index contributed by atoms with van der Waals surface area (Å²) in [6.45, 7) is 7.04. The summed E-state index contributed by atoms with van der Waals surface area (Å²) >= 11 is 0. The number of amides is 2. The van der Waals surface area contributed by atoms with E-state index in [0.29, 0.717) is 39.3 Å². The molecule has 0 saturated carbocycles. The van der Waals surface area contributed by atoms with Crippen molar-refractivity contribution < 1.29 is 14.3 Å². The van der Waals surface area contributed by atoms with Crippen molar-refractivity contribution in [3.05, 3.63) is 5.82 Å². The highest BCUT2D eigenvalue weighted by molar-refractivity contribution is 5.76. The summed E-state index contributed by atoms with van der Waals surface area (Å²) < 4.78 is 6.61. The summed E-state index contributed by atoms with van der Waals surface area (Å²) in [7, 11) is 0. The Balaban J connectivity index is 1.50. The van der Waals surface area contributed by atoms with E-state index in [4.69, 9.17) is 4.74 Å². The molecule has 2 saturated heterocycles. The second-order valence-electron chi connectivity index (χ2n) is 7.01. The van der Waals surface area contributed by atoms with Gasteiger partial charge in [-0.05, 0) is 43.3 Å². The number of ether oxygens (including phenoxy) is 1. The fourth-order valence-electron chi connectivity index (χ4n) is 3.53. The number of nitrogens with zero attached hydrogens (tertiary/aromatic N) is 7. The summed E-state index contributed by atoms with van der Waals surface area (Å²) in [6.07, 6.45) is 4.64. The molecule has 0 bridgehead atoms. The molecule has 27 heavy (non-hydrogen) atoms. The van der Waals surface area contributed by atoms with Crippen LogP contribution in [0.3, 0.4) is 0 Å². The molecule has 0 aromatic carbocycles. The first kappa shape index (κ1) is 19.5. The second-order valence-corrected chi connectivity index (χ2v) is 7.01. The highest BCUT2D eigenvalue weighted by Crippen LogP contribution is 2.12. The van der Waals surface area contributed by atoms with Crippen molar-refractivity contribution in [3.8, 4) is 0 Å². The molecule has 3 rings (SSSR count). The van der Waals surface area contributed by atoms with Crippen LogP contribution in [0, 0.1) is 0 Å². The SMILES string of the molecule is CCOC(=O)N1CCN(C(=O)Cn2nnnc2CN2CCCCCC2)CC1. The molecular weight excluding hydrogens is 350 g/mol. The van der Waals surface area contributed by atoms with Crippen LogP contribution in [0.2, 0.25) is 0 Å². The predicted octanol–water partition coefficient (Wildman–Crippen LogP) is 0.350. The van der Waals surface area contributed by atoms with Gasteiger partial charge in [-0.1, -0.05) is 12.8 Å². The maximum absolute atomic E-state index is 12.6. The molecule has 0 unspecified atom stereocenters. The van der Waals surface area contributed by atoms with E-state index in [-0.39, 0.29) is 18.5 Å². The van der Waals surface area contributed by atoms with Crippen LogP contribution >= 0.6 is 0 Å². The molecule has 0 atom stereocenters. The van der Waals surface area contributed by atoms with Crippen LogP contribution in [0.25, 0.3) is 0 Å². The topological polar surface area (TPSA) is 96.7 Å². The first-order valence-electron chi connectivity index (χ1n) is 9.84. The van der Waals surface area contributed by atoms with E-state index in [1.807, 2.05) is 0 Å². The molecule has 10 heteroatoms. The van der Waals surface area contributed by atoms with E-state index in [1.165, 1.54) is 25.7 Å². The van der Waals surface area contributed by atoms with Gasteiger partial charge in [-0.2, -0.15) is 0 Å². The zero-order valence-electron chi connectivity index (χ0n) is 16.0. The molecule has 2 aliphatic rings. The van der Waals surface area contributed by atoms with Crippen LogP contribution in [-0.4, -0.2) is 92.8 Å². The zero-order chi connectivity index (χ0) is 19.1. The highest BCUT2D eigenvalue weighted by Gasteiger charge is 2.26. The van der Waals surface area contributed by atoms with Gasteiger partial charge in [-0.25, -0.2) is 9.48 Å². The minimum absolute atomic E-state index is 0.0251. The van der Waals surface area contributed by atoms with Crippen molar-refractivity contribution in [2.45, 2.75) is 45.7 Å². The van der Waals surface area contributed by atoms with Crippen LogP contribution in [0.5, 0.6) is 0 Å². The summed E-state index contributed by atoms with van der Waals surface area (Å²) in [4.78, 5) is 30.1. The quantitative estimate of drug-likeness (QED) is 0.728. The smallest absolute Gasteiger partial charge is 0.409 e. The lowest BCUT2D eigenvalue weighted by atomic mass is 10.2. The maximum atomic E-state index is 12.6.